The fourth-order valence-corrected chi connectivity index (χ4v) is 8.72. The third-order valence-electron chi connectivity index (χ3n) is 12.4. The molecule has 2 aliphatic rings. The summed E-state index contributed by atoms with van der Waals surface area (Å²) in [7, 11) is -4.47. The van der Waals surface area contributed by atoms with E-state index in [0.29, 0.717) is 128 Å². The van der Waals surface area contributed by atoms with Crippen LogP contribution < -0.4 is 15.0 Å². The Hall–Kier alpha value is -5.42. The number of aliphatic hydroxyl groups excluding tert-OH is 2. The van der Waals surface area contributed by atoms with Crippen LogP contribution in [-0.2, 0) is 79.4 Å². The van der Waals surface area contributed by atoms with Crippen LogP contribution in [0.4, 0.5) is 19.0 Å². The van der Waals surface area contributed by atoms with E-state index in [2.05, 4.69) is 35.4 Å². The molecule has 7 rings (SSSR count). The first kappa shape index (κ1) is 66.1. The minimum Gasteiger partial charge on any atom is -0.420 e. The maximum absolute atomic E-state index is 13.6. The second kappa shape index (κ2) is 34.7. The third-order valence-corrected chi connectivity index (χ3v) is 13.1. The van der Waals surface area contributed by atoms with E-state index >= 15 is 0 Å². The number of halogens is 4. The molecule has 5 aromatic rings. The number of esters is 1. The molecule has 5 N–H and O–H groups in total. The molecular weight excluding hydrogens is 1170 g/mol. The van der Waals surface area contributed by atoms with Gasteiger partial charge in [0, 0.05) is 25.2 Å². The highest BCUT2D eigenvalue weighted by molar-refractivity contribution is 7.51. The highest BCUT2D eigenvalue weighted by Gasteiger charge is 2.45. The Labute approximate surface area is 484 Å². The van der Waals surface area contributed by atoms with Gasteiger partial charge in [0.25, 0.3) is 0 Å². The molecule has 2 aliphatic heterocycles. The van der Waals surface area contributed by atoms with Crippen LogP contribution in [0.5, 0.6) is 5.75 Å². The maximum atomic E-state index is 13.6. The predicted molar refractivity (Wildman–Crippen MR) is 285 cm³/mol. The van der Waals surface area contributed by atoms with Crippen molar-refractivity contribution >= 4 is 47.9 Å². The normalized spacial score (nSPS) is 17.7. The lowest BCUT2D eigenvalue weighted by atomic mass is 9.97. The Bertz CT molecular complexity index is 2820. The molecule has 3 aromatic heterocycles. The summed E-state index contributed by atoms with van der Waals surface area (Å²) in [4.78, 5) is 54.0. The van der Waals surface area contributed by atoms with E-state index in [1.807, 2.05) is 35.2 Å². The summed E-state index contributed by atoms with van der Waals surface area (Å²) in [6, 6.07) is 9.84. The number of ether oxygens (including phenoxy) is 12. The zero-order chi connectivity index (χ0) is 59.7. The van der Waals surface area contributed by atoms with E-state index in [1.54, 1.807) is 10.9 Å². The van der Waals surface area contributed by atoms with Crippen LogP contribution in [0, 0.1) is 23.4 Å². The minimum absolute atomic E-state index is 0.0618. The average Bonchev–Trinajstić information content (AvgIpc) is 4.22. The molecular formula is C51H68ClF3N9O19P. The van der Waals surface area contributed by atoms with E-state index < -0.39 is 86.2 Å². The van der Waals surface area contributed by atoms with Crippen molar-refractivity contribution in [2.45, 2.75) is 50.2 Å². The number of benzene rings is 2. The van der Waals surface area contributed by atoms with Crippen LogP contribution in [0.1, 0.15) is 29.9 Å². The molecule has 0 aliphatic carbocycles. The Morgan fingerprint density at radius 2 is 1.35 bits per heavy atom. The van der Waals surface area contributed by atoms with Crippen molar-refractivity contribution in [3.05, 3.63) is 88.9 Å². The Kier molecular flexibility index (Phi) is 27.3. The number of anilines is 1. The number of aliphatic hydroxyl groups is 2. The van der Waals surface area contributed by atoms with Crippen molar-refractivity contribution in [1.29, 1.82) is 0 Å². The first-order valence-corrected chi connectivity index (χ1v) is 28.9. The summed E-state index contributed by atoms with van der Waals surface area (Å²) < 4.78 is 120. The first-order valence-electron chi connectivity index (χ1n) is 26.7. The molecule has 2 fully saturated rings. The molecule has 84 heavy (non-hydrogen) atoms. The molecule has 0 saturated carbocycles. The monoisotopic (exact) mass is 1230 g/mol. The highest BCUT2D eigenvalue weighted by Crippen LogP contribution is 2.37. The van der Waals surface area contributed by atoms with Crippen molar-refractivity contribution in [3.63, 3.8) is 0 Å². The number of amides is 1. The van der Waals surface area contributed by atoms with Crippen molar-refractivity contribution in [2.24, 2.45) is 5.92 Å². The lowest BCUT2D eigenvalue weighted by Crippen LogP contribution is -2.54. The molecule has 33 heteroatoms. The Morgan fingerprint density at radius 1 is 0.762 bits per heavy atom. The van der Waals surface area contributed by atoms with Crippen LogP contribution in [0.3, 0.4) is 0 Å². The number of rotatable bonds is 41. The van der Waals surface area contributed by atoms with Gasteiger partial charge in [0.05, 0.1) is 168 Å². The van der Waals surface area contributed by atoms with Crippen molar-refractivity contribution in [3.8, 4) is 5.75 Å². The van der Waals surface area contributed by atoms with E-state index in [-0.39, 0.29) is 62.9 Å². The summed E-state index contributed by atoms with van der Waals surface area (Å²) in [6.07, 6.45) is -3.24. The zero-order valence-electron chi connectivity index (χ0n) is 45.6. The number of aromatic nitrogens is 7. The van der Waals surface area contributed by atoms with Crippen LogP contribution in [0.15, 0.2) is 54.9 Å². The van der Waals surface area contributed by atoms with Crippen molar-refractivity contribution in [2.75, 3.05) is 143 Å². The molecule has 0 spiro atoms. The summed E-state index contributed by atoms with van der Waals surface area (Å²) in [5, 5.41) is 37.3. The maximum Gasteiger partial charge on any atom is 0.350 e. The van der Waals surface area contributed by atoms with Crippen LogP contribution in [0.25, 0.3) is 11.0 Å². The number of fused-ring (bicyclic) bond motifs is 1. The molecule has 0 radical (unpaired) electrons. The standard InChI is InChI=1S/C51H68ClF3N9O19P/c52-51-58-47(38-26-56-64(48(38)59-51)50-45(67)44(66)42(82-50)32-81-33-84(69,70)71)62-27-35(28-62)49(68)57-41(34-4-2-1-3-5-34)31-80-23-21-78-19-17-76-16-18-77-20-22-79-30-37-29-63(61-60-37)7-9-73-11-13-75-15-14-74-12-10-72-8-6-43(65)83-46-39(54)24-36(53)25-40(46)55/h1-5,24-26,29,35,41-42,44-45,50,66-67H,6-23,27-28,30-33H2,(H,57,68)(H2,69,70,71)/t41-,42+,44+,45+,50+/m0/s1. The molecule has 1 amide bonds. The van der Waals surface area contributed by atoms with Gasteiger partial charge in [0.2, 0.25) is 16.9 Å². The molecule has 2 saturated heterocycles. The minimum atomic E-state index is -4.47. The van der Waals surface area contributed by atoms with Gasteiger partial charge in [-0.2, -0.15) is 15.1 Å². The molecule has 0 bridgehead atoms. The van der Waals surface area contributed by atoms with Gasteiger partial charge >= 0.3 is 13.6 Å². The Balaban J connectivity index is 0.653. The van der Waals surface area contributed by atoms with Crippen LogP contribution >= 0.6 is 19.2 Å². The topological polar surface area (TPSA) is 332 Å². The van der Waals surface area contributed by atoms with E-state index in [1.165, 1.54) is 10.9 Å². The van der Waals surface area contributed by atoms with Crippen molar-refractivity contribution < 1.29 is 104 Å². The van der Waals surface area contributed by atoms with Gasteiger partial charge in [-0.3, -0.25) is 14.2 Å². The number of hydrogen-bond acceptors (Lipinski definition) is 23. The fourth-order valence-electron chi connectivity index (χ4n) is 8.22. The van der Waals surface area contributed by atoms with Gasteiger partial charge in [-0.25, -0.2) is 22.5 Å². The van der Waals surface area contributed by atoms with E-state index in [9.17, 15) is 37.5 Å². The fraction of sp³-hybridized carbons (Fsp3) is 0.588. The predicted octanol–water partition coefficient (Wildman–Crippen LogP) is 1.90. The van der Waals surface area contributed by atoms with Gasteiger partial charge in [0.1, 0.15) is 42.0 Å². The second-order valence-corrected chi connectivity index (χ2v) is 20.7. The average molecular weight is 1230 g/mol. The van der Waals surface area contributed by atoms with Crippen LogP contribution in [0.2, 0.25) is 5.28 Å². The number of carbonyl (C=O) groups excluding carboxylic acids is 2. The van der Waals surface area contributed by atoms with Crippen molar-refractivity contribution in [1.82, 2.24) is 40.1 Å². The lowest BCUT2D eigenvalue weighted by Gasteiger charge is -2.40. The largest absolute Gasteiger partial charge is 0.420 e. The lowest BCUT2D eigenvalue weighted by molar-refractivity contribution is -0.136. The quantitative estimate of drug-likeness (QED) is 0.0123. The molecule has 2 aromatic carbocycles. The van der Waals surface area contributed by atoms with E-state index in [4.69, 9.17) is 73.5 Å². The van der Waals surface area contributed by atoms with Gasteiger partial charge < -0.3 is 87.1 Å². The SMILES string of the molecule is O=C(CCOCCOCCOCCOCCn1cc(COCCOCCOCCOCCOC[C@H](NC(=O)C2CN(c3nc(Cl)nc4c3cnn4[C@@H]3O[C@H](COCP(=O)(O)O)[C@@H](O)[C@H]3O)C2)c2ccccc2)nn1)Oc1c(F)cc(F)cc1F. The summed E-state index contributed by atoms with van der Waals surface area (Å²) in [5.74, 6) is -5.84. The number of nitrogens with zero attached hydrogens (tertiary/aromatic N) is 8. The molecule has 5 heterocycles. The summed E-state index contributed by atoms with van der Waals surface area (Å²) in [6.45, 7) is 5.99. The summed E-state index contributed by atoms with van der Waals surface area (Å²) in [5.41, 5.74) is 1.71. The number of carbonyl (C=O) groups is 2. The molecule has 5 atom stereocenters. The zero-order valence-corrected chi connectivity index (χ0v) is 47.2. The van der Waals surface area contributed by atoms with Gasteiger partial charge in [-0.1, -0.05) is 35.5 Å². The highest BCUT2D eigenvalue weighted by atomic mass is 35.5. The van der Waals surface area contributed by atoms with Gasteiger partial charge in [-0.15, -0.1) is 5.10 Å². The molecule has 464 valence electrons. The van der Waals surface area contributed by atoms with Crippen LogP contribution in [-0.4, -0.2) is 223 Å². The summed E-state index contributed by atoms with van der Waals surface area (Å²) >= 11 is 6.34. The van der Waals surface area contributed by atoms with Gasteiger partial charge in [-0.05, 0) is 17.2 Å². The van der Waals surface area contributed by atoms with E-state index in [0.717, 1.165) is 5.56 Å². The number of hydrogen-bond donors (Lipinski definition) is 5. The van der Waals surface area contributed by atoms with Gasteiger partial charge in [0.15, 0.2) is 23.5 Å². The molecule has 28 nitrogen and oxygen atoms in total. The number of nitrogens with one attached hydrogen (secondary N) is 1. The third kappa shape index (κ3) is 21.5. The smallest absolute Gasteiger partial charge is 0.350 e. The Morgan fingerprint density at radius 3 is 1.96 bits per heavy atom. The second-order valence-electron chi connectivity index (χ2n) is 18.7. The first-order chi connectivity index (χ1) is 40.6. The molecule has 0 unspecified atom stereocenters.